The van der Waals surface area contributed by atoms with Crippen LogP contribution in [0.15, 0.2) is 36.6 Å². The van der Waals surface area contributed by atoms with Crippen molar-refractivity contribution in [3.8, 4) is 5.88 Å². The lowest BCUT2D eigenvalue weighted by Gasteiger charge is -1.92. The van der Waals surface area contributed by atoms with E-state index in [0.29, 0.717) is 0 Å². The van der Waals surface area contributed by atoms with Gasteiger partial charge in [0.25, 0.3) is 0 Å². The van der Waals surface area contributed by atoms with Crippen molar-refractivity contribution in [3.05, 3.63) is 36.6 Å². The molecule has 0 aliphatic carbocycles. The van der Waals surface area contributed by atoms with Crippen LogP contribution in [0.2, 0.25) is 0 Å². The summed E-state index contributed by atoms with van der Waals surface area (Å²) in [6.07, 6.45) is 8.08. The van der Waals surface area contributed by atoms with Crippen LogP contribution in [-0.2, 0) is 4.79 Å². The summed E-state index contributed by atoms with van der Waals surface area (Å²) in [5.41, 5.74) is 0. The Morgan fingerprint density at radius 2 is 2.46 bits per heavy atom. The van der Waals surface area contributed by atoms with Gasteiger partial charge in [-0.25, -0.2) is 4.79 Å². The van der Waals surface area contributed by atoms with Gasteiger partial charge in [-0.1, -0.05) is 18.2 Å². The Hall–Kier alpha value is -1.84. The summed E-state index contributed by atoms with van der Waals surface area (Å²) in [5, 5.41) is 6.20. The van der Waals surface area contributed by atoms with Crippen LogP contribution in [0.1, 0.15) is 6.92 Å². The minimum Gasteiger partial charge on any atom is -0.403 e. The van der Waals surface area contributed by atoms with Crippen LogP contribution in [0.4, 0.5) is 0 Å². The number of aromatic nitrogens is 2. The van der Waals surface area contributed by atoms with Crippen LogP contribution in [0.5, 0.6) is 5.88 Å². The number of hydrogen-bond acceptors (Lipinski definition) is 3. The summed E-state index contributed by atoms with van der Waals surface area (Å²) >= 11 is 0. The van der Waals surface area contributed by atoms with E-state index in [9.17, 15) is 4.79 Å². The molecule has 0 saturated heterocycles. The highest BCUT2D eigenvalue weighted by molar-refractivity contribution is 5.83. The average molecular weight is 178 g/mol. The lowest BCUT2D eigenvalue weighted by atomic mass is 10.4. The monoisotopic (exact) mass is 178 g/mol. The number of nitrogens with zero attached hydrogens (tertiary/aromatic N) is 1. The molecule has 0 aliphatic heterocycles. The van der Waals surface area contributed by atoms with Gasteiger partial charge in [0.05, 0.1) is 0 Å². The fourth-order valence-electron chi connectivity index (χ4n) is 0.686. The molecular formula is C9H10N2O2. The molecule has 0 spiro atoms. The number of allylic oxidation sites excluding steroid dienone is 3. The number of nitrogens with one attached hydrogen (secondary N) is 1. The van der Waals surface area contributed by atoms with Gasteiger partial charge in [0.1, 0.15) is 0 Å². The fourth-order valence-corrected chi connectivity index (χ4v) is 0.686. The zero-order chi connectivity index (χ0) is 9.52. The van der Waals surface area contributed by atoms with Gasteiger partial charge in [-0.2, -0.15) is 0 Å². The number of esters is 1. The van der Waals surface area contributed by atoms with Crippen LogP contribution >= 0.6 is 0 Å². The fraction of sp³-hybridized carbons (Fsp3) is 0.111. The second kappa shape index (κ2) is 4.92. The lowest BCUT2D eigenvalue weighted by molar-refractivity contribution is -0.129. The molecule has 0 saturated carbocycles. The van der Waals surface area contributed by atoms with E-state index in [2.05, 4.69) is 10.2 Å². The first-order valence-corrected chi connectivity index (χ1v) is 3.84. The molecule has 0 atom stereocenters. The number of hydrogen-bond donors (Lipinski definition) is 1. The molecule has 1 aromatic heterocycles. The Morgan fingerprint density at radius 1 is 1.62 bits per heavy atom. The van der Waals surface area contributed by atoms with Crippen molar-refractivity contribution >= 4 is 5.97 Å². The van der Waals surface area contributed by atoms with Crippen LogP contribution < -0.4 is 4.74 Å². The van der Waals surface area contributed by atoms with Crippen molar-refractivity contribution < 1.29 is 9.53 Å². The first-order valence-electron chi connectivity index (χ1n) is 3.84. The molecule has 1 N–H and O–H groups in total. The zero-order valence-electron chi connectivity index (χ0n) is 7.23. The van der Waals surface area contributed by atoms with Gasteiger partial charge in [-0.15, -0.1) is 5.10 Å². The van der Waals surface area contributed by atoms with Crippen LogP contribution in [0.25, 0.3) is 0 Å². The lowest BCUT2D eigenvalue weighted by Crippen LogP contribution is -2.03. The molecule has 1 aromatic rings. The minimum absolute atomic E-state index is 0.273. The van der Waals surface area contributed by atoms with E-state index in [1.54, 1.807) is 24.4 Å². The van der Waals surface area contributed by atoms with Crippen LogP contribution in [0, 0.1) is 0 Å². The van der Waals surface area contributed by atoms with E-state index in [0.717, 1.165) is 0 Å². The maximum absolute atomic E-state index is 11.0. The number of rotatable bonds is 3. The largest absolute Gasteiger partial charge is 0.403 e. The summed E-state index contributed by atoms with van der Waals surface area (Å²) in [6, 6.07) is 1.57. The third kappa shape index (κ3) is 3.37. The quantitative estimate of drug-likeness (QED) is 0.433. The number of H-pyrrole nitrogens is 1. The highest BCUT2D eigenvalue weighted by Gasteiger charge is 1.99. The Balaban J connectivity index is 2.42. The van der Waals surface area contributed by atoms with Gasteiger partial charge in [0.2, 0.25) is 5.88 Å². The Kier molecular flexibility index (Phi) is 3.50. The topological polar surface area (TPSA) is 55.0 Å². The summed E-state index contributed by atoms with van der Waals surface area (Å²) in [5.74, 6) is -0.166. The number of carbonyl (C=O) groups excluding carboxylic acids is 1. The highest BCUT2D eigenvalue weighted by Crippen LogP contribution is 2.02. The van der Waals surface area contributed by atoms with E-state index in [-0.39, 0.29) is 5.88 Å². The van der Waals surface area contributed by atoms with Gasteiger partial charge in [0, 0.05) is 18.3 Å². The predicted octanol–water partition coefficient (Wildman–Crippen LogP) is 1.45. The average Bonchev–Trinajstić information content (AvgIpc) is 2.57. The van der Waals surface area contributed by atoms with Crippen molar-refractivity contribution in [2.75, 3.05) is 0 Å². The van der Waals surface area contributed by atoms with E-state index < -0.39 is 5.97 Å². The zero-order valence-corrected chi connectivity index (χ0v) is 7.23. The molecule has 1 rings (SSSR count). The predicted molar refractivity (Wildman–Crippen MR) is 48.2 cm³/mol. The Labute approximate surface area is 75.9 Å². The molecule has 0 fully saturated rings. The Bertz CT molecular complexity index is 312. The van der Waals surface area contributed by atoms with Gasteiger partial charge in [-0.3, -0.25) is 5.10 Å². The Morgan fingerprint density at radius 3 is 3.08 bits per heavy atom. The second-order valence-electron chi connectivity index (χ2n) is 2.22. The summed E-state index contributed by atoms with van der Waals surface area (Å²) in [4.78, 5) is 11.0. The molecule has 0 bridgehead atoms. The van der Waals surface area contributed by atoms with E-state index in [1.165, 1.54) is 6.08 Å². The third-order valence-electron chi connectivity index (χ3n) is 1.22. The molecule has 0 unspecified atom stereocenters. The number of carbonyl (C=O) groups is 1. The number of aromatic amines is 1. The molecule has 1 heterocycles. The van der Waals surface area contributed by atoms with E-state index >= 15 is 0 Å². The second-order valence-corrected chi connectivity index (χ2v) is 2.22. The van der Waals surface area contributed by atoms with Crippen molar-refractivity contribution in [2.45, 2.75) is 6.92 Å². The van der Waals surface area contributed by atoms with Crippen molar-refractivity contribution in [2.24, 2.45) is 0 Å². The van der Waals surface area contributed by atoms with E-state index in [1.807, 2.05) is 13.0 Å². The molecule has 0 aliphatic rings. The molecular weight excluding hydrogens is 168 g/mol. The van der Waals surface area contributed by atoms with E-state index in [4.69, 9.17) is 4.74 Å². The molecule has 4 heteroatoms. The highest BCUT2D eigenvalue weighted by atomic mass is 16.5. The van der Waals surface area contributed by atoms with Gasteiger partial charge in [0.15, 0.2) is 0 Å². The van der Waals surface area contributed by atoms with Crippen molar-refractivity contribution in [1.82, 2.24) is 10.2 Å². The standard InChI is InChI=1S/C9H10N2O2/c1-2-3-4-5-9(12)13-8-6-7-10-11-8/h2-7H,1H3,(H,10,11)/b3-2+,5-4+. The molecule has 0 aromatic carbocycles. The van der Waals surface area contributed by atoms with Gasteiger partial charge in [-0.05, 0) is 6.92 Å². The molecule has 4 nitrogen and oxygen atoms in total. The first kappa shape index (κ1) is 9.25. The summed E-state index contributed by atoms with van der Waals surface area (Å²) in [6.45, 7) is 1.86. The third-order valence-corrected chi connectivity index (χ3v) is 1.22. The summed E-state index contributed by atoms with van der Waals surface area (Å²) in [7, 11) is 0. The minimum atomic E-state index is -0.440. The SMILES string of the molecule is C/C=C/C=C/C(=O)Oc1cc[nH]n1. The van der Waals surface area contributed by atoms with Crippen molar-refractivity contribution in [1.29, 1.82) is 0 Å². The molecule has 0 amide bonds. The smallest absolute Gasteiger partial charge is 0.337 e. The maximum atomic E-state index is 11.0. The van der Waals surface area contributed by atoms with Crippen LogP contribution in [0.3, 0.4) is 0 Å². The van der Waals surface area contributed by atoms with Gasteiger partial charge < -0.3 is 4.74 Å². The van der Waals surface area contributed by atoms with Crippen LogP contribution in [-0.4, -0.2) is 16.2 Å². The molecule has 13 heavy (non-hydrogen) atoms. The van der Waals surface area contributed by atoms with Gasteiger partial charge >= 0.3 is 5.97 Å². The molecule has 0 radical (unpaired) electrons. The maximum Gasteiger partial charge on any atom is 0.337 e. The number of ether oxygens (including phenoxy) is 1. The molecule has 68 valence electrons. The van der Waals surface area contributed by atoms with Crippen molar-refractivity contribution in [3.63, 3.8) is 0 Å². The normalized spacial score (nSPS) is 11.2. The summed E-state index contributed by atoms with van der Waals surface area (Å²) < 4.78 is 4.80. The first-order chi connectivity index (χ1) is 6.33.